The van der Waals surface area contributed by atoms with Crippen LogP contribution in [0.1, 0.15) is 5.56 Å². The van der Waals surface area contributed by atoms with Crippen LogP contribution < -0.4 is 5.73 Å². The van der Waals surface area contributed by atoms with Gasteiger partial charge in [-0.15, -0.1) is 12.4 Å². The highest BCUT2D eigenvalue weighted by Crippen LogP contribution is 2.09. The van der Waals surface area contributed by atoms with Gasteiger partial charge in [0.2, 0.25) is 0 Å². The second-order valence-electron chi connectivity index (χ2n) is 2.90. The normalized spacial score (nSPS) is 12.0. The predicted octanol–water partition coefficient (Wildman–Crippen LogP) is 1.25. The molecule has 0 radical (unpaired) electrons. The predicted molar refractivity (Wildman–Crippen MR) is 52.4 cm³/mol. The lowest BCUT2D eigenvalue weighted by Gasteiger charge is -2.07. The Morgan fingerprint density at radius 2 is 1.93 bits per heavy atom. The highest BCUT2D eigenvalue weighted by Gasteiger charge is 2.05. The molecular weight excluding hydrogens is 212 g/mol. The molecule has 0 fully saturated rings. The fraction of sp³-hybridized carbons (Fsp3) is 0.333. The highest BCUT2D eigenvalue weighted by molar-refractivity contribution is 5.85. The molecule has 0 aromatic heterocycles. The maximum atomic E-state index is 12.7. The van der Waals surface area contributed by atoms with Gasteiger partial charge in [0.1, 0.15) is 0 Å². The van der Waals surface area contributed by atoms with E-state index >= 15 is 0 Å². The smallest absolute Gasteiger partial charge is 0.159 e. The Hall–Kier alpha value is -0.710. The molecule has 80 valence electrons. The van der Waals surface area contributed by atoms with E-state index < -0.39 is 17.7 Å². The van der Waals surface area contributed by atoms with Gasteiger partial charge in [-0.1, -0.05) is 6.07 Å². The molecule has 0 bridgehead atoms. The van der Waals surface area contributed by atoms with Crippen LogP contribution in [0, 0.1) is 11.6 Å². The number of aliphatic hydroxyl groups is 1. The third-order valence-electron chi connectivity index (χ3n) is 1.72. The average Bonchev–Trinajstić information content (AvgIpc) is 2.11. The van der Waals surface area contributed by atoms with E-state index in [1.807, 2.05) is 0 Å². The van der Waals surface area contributed by atoms with Crippen molar-refractivity contribution in [2.75, 3.05) is 6.61 Å². The fourth-order valence-electron chi connectivity index (χ4n) is 1.03. The lowest BCUT2D eigenvalue weighted by Crippen LogP contribution is -2.26. The quantitative estimate of drug-likeness (QED) is 0.810. The number of benzene rings is 1. The highest BCUT2D eigenvalue weighted by atomic mass is 35.5. The zero-order chi connectivity index (χ0) is 9.84. The maximum absolute atomic E-state index is 12.7. The van der Waals surface area contributed by atoms with E-state index in [0.717, 1.165) is 12.1 Å². The molecule has 0 aliphatic heterocycles. The lowest BCUT2D eigenvalue weighted by atomic mass is 10.1. The Bertz CT molecular complexity index is 296. The monoisotopic (exact) mass is 223 g/mol. The van der Waals surface area contributed by atoms with Crippen molar-refractivity contribution in [2.45, 2.75) is 12.5 Å². The Morgan fingerprint density at radius 1 is 1.29 bits per heavy atom. The van der Waals surface area contributed by atoms with E-state index in [-0.39, 0.29) is 19.0 Å². The van der Waals surface area contributed by atoms with Crippen molar-refractivity contribution in [3.8, 4) is 0 Å². The molecule has 1 aromatic rings. The van der Waals surface area contributed by atoms with E-state index in [9.17, 15) is 8.78 Å². The van der Waals surface area contributed by atoms with Crippen molar-refractivity contribution in [3.63, 3.8) is 0 Å². The summed E-state index contributed by atoms with van der Waals surface area (Å²) < 4.78 is 25.1. The first-order chi connectivity index (χ1) is 6.13. The van der Waals surface area contributed by atoms with Gasteiger partial charge < -0.3 is 10.8 Å². The van der Waals surface area contributed by atoms with Gasteiger partial charge in [-0.3, -0.25) is 0 Å². The molecule has 0 aliphatic rings. The molecule has 0 aliphatic carbocycles. The van der Waals surface area contributed by atoms with E-state index in [1.165, 1.54) is 6.07 Å². The summed E-state index contributed by atoms with van der Waals surface area (Å²) in [6.45, 7) is -0.168. The van der Waals surface area contributed by atoms with E-state index in [0.29, 0.717) is 12.0 Å². The number of rotatable bonds is 3. The summed E-state index contributed by atoms with van der Waals surface area (Å²) in [6, 6.07) is 3.16. The number of hydrogen-bond donors (Lipinski definition) is 2. The Balaban J connectivity index is 0.00000169. The molecular formula is C9H12ClF2NO. The van der Waals surface area contributed by atoms with Gasteiger partial charge >= 0.3 is 0 Å². The van der Waals surface area contributed by atoms with Gasteiger partial charge in [0, 0.05) is 6.04 Å². The van der Waals surface area contributed by atoms with Crippen molar-refractivity contribution in [1.82, 2.24) is 0 Å². The van der Waals surface area contributed by atoms with Crippen LogP contribution in [0.5, 0.6) is 0 Å². The van der Waals surface area contributed by atoms with E-state index in [1.54, 1.807) is 0 Å². The van der Waals surface area contributed by atoms with Gasteiger partial charge in [0.15, 0.2) is 11.6 Å². The number of nitrogens with two attached hydrogens (primary N) is 1. The second kappa shape index (κ2) is 5.90. The van der Waals surface area contributed by atoms with Crippen LogP contribution in [0.25, 0.3) is 0 Å². The maximum Gasteiger partial charge on any atom is 0.159 e. The van der Waals surface area contributed by atoms with Gasteiger partial charge in [-0.05, 0) is 24.1 Å². The fourth-order valence-corrected chi connectivity index (χ4v) is 1.03. The number of halogens is 3. The number of aliphatic hydroxyl groups excluding tert-OH is 1. The first-order valence-electron chi connectivity index (χ1n) is 3.94. The Kier molecular flexibility index (Phi) is 5.60. The zero-order valence-electron chi connectivity index (χ0n) is 7.41. The molecule has 3 N–H and O–H groups in total. The topological polar surface area (TPSA) is 46.2 Å². The molecule has 5 heteroatoms. The van der Waals surface area contributed by atoms with Gasteiger partial charge in [-0.2, -0.15) is 0 Å². The van der Waals surface area contributed by atoms with E-state index in [4.69, 9.17) is 10.8 Å². The summed E-state index contributed by atoms with van der Waals surface area (Å²) >= 11 is 0. The third kappa shape index (κ3) is 3.57. The van der Waals surface area contributed by atoms with Gasteiger partial charge in [0.05, 0.1) is 6.61 Å². The minimum absolute atomic E-state index is 0. The first-order valence-corrected chi connectivity index (χ1v) is 3.94. The van der Waals surface area contributed by atoms with Crippen molar-refractivity contribution in [3.05, 3.63) is 35.4 Å². The van der Waals surface area contributed by atoms with Crippen LogP contribution >= 0.6 is 12.4 Å². The molecule has 1 unspecified atom stereocenters. The van der Waals surface area contributed by atoms with Crippen molar-refractivity contribution in [2.24, 2.45) is 5.73 Å². The van der Waals surface area contributed by atoms with Crippen LogP contribution in [-0.2, 0) is 6.42 Å². The average molecular weight is 224 g/mol. The number of hydrogen-bond acceptors (Lipinski definition) is 2. The van der Waals surface area contributed by atoms with Crippen LogP contribution in [0.15, 0.2) is 18.2 Å². The Morgan fingerprint density at radius 3 is 2.43 bits per heavy atom. The first kappa shape index (κ1) is 13.3. The summed E-state index contributed by atoms with van der Waals surface area (Å²) in [5.41, 5.74) is 6.01. The second-order valence-corrected chi connectivity index (χ2v) is 2.90. The molecule has 1 rings (SSSR count). The molecule has 0 spiro atoms. The van der Waals surface area contributed by atoms with Crippen LogP contribution in [0.2, 0.25) is 0 Å². The lowest BCUT2D eigenvalue weighted by molar-refractivity contribution is 0.265. The molecule has 2 nitrogen and oxygen atoms in total. The summed E-state index contributed by atoms with van der Waals surface area (Å²) in [4.78, 5) is 0. The molecule has 14 heavy (non-hydrogen) atoms. The molecule has 0 heterocycles. The third-order valence-corrected chi connectivity index (χ3v) is 1.72. The van der Waals surface area contributed by atoms with Crippen molar-refractivity contribution >= 4 is 12.4 Å². The standard InChI is InChI=1S/C9H11F2NO.ClH/c10-8-2-1-6(4-9(8)11)3-7(12)5-13;/h1-2,4,7,13H,3,5,12H2;1H. The largest absolute Gasteiger partial charge is 0.395 e. The van der Waals surface area contributed by atoms with Crippen molar-refractivity contribution < 1.29 is 13.9 Å². The molecule has 1 aromatic carbocycles. The molecule has 0 saturated heterocycles. The Labute approximate surface area is 87.1 Å². The minimum atomic E-state index is -0.886. The van der Waals surface area contributed by atoms with E-state index in [2.05, 4.69) is 0 Å². The van der Waals surface area contributed by atoms with Gasteiger partial charge in [0.25, 0.3) is 0 Å². The zero-order valence-corrected chi connectivity index (χ0v) is 8.23. The summed E-state index contributed by atoms with van der Waals surface area (Å²) in [6.07, 6.45) is 0.341. The van der Waals surface area contributed by atoms with Crippen molar-refractivity contribution in [1.29, 1.82) is 0 Å². The summed E-state index contributed by atoms with van der Waals surface area (Å²) in [5, 5.41) is 8.63. The molecule has 0 saturated carbocycles. The van der Waals surface area contributed by atoms with Crippen LogP contribution in [0.4, 0.5) is 8.78 Å². The summed E-state index contributed by atoms with van der Waals surface area (Å²) in [7, 11) is 0. The molecule has 0 amide bonds. The van der Waals surface area contributed by atoms with Gasteiger partial charge in [-0.25, -0.2) is 8.78 Å². The minimum Gasteiger partial charge on any atom is -0.395 e. The SMILES string of the molecule is Cl.NC(CO)Cc1ccc(F)c(F)c1. The van der Waals surface area contributed by atoms with Crippen LogP contribution in [0.3, 0.4) is 0 Å². The molecule has 1 atom stereocenters. The summed E-state index contributed by atoms with van der Waals surface area (Å²) in [5.74, 6) is -1.76. The van der Waals surface area contributed by atoms with Crippen LogP contribution in [-0.4, -0.2) is 17.8 Å².